The molecule has 0 saturated carbocycles. The Morgan fingerprint density at radius 3 is 2.47 bits per heavy atom. The fourth-order valence-corrected chi connectivity index (χ4v) is 1.86. The number of hydrogen-bond acceptors (Lipinski definition) is 4. The van der Waals surface area contributed by atoms with E-state index in [1.54, 1.807) is 12.1 Å². The molecule has 0 aliphatic carbocycles. The normalized spacial score (nSPS) is 10.3. The smallest absolute Gasteiger partial charge is 0.134 e. The highest BCUT2D eigenvalue weighted by molar-refractivity contribution is 5.56. The quantitative estimate of drug-likeness (QED) is 0.867. The predicted octanol–water partition coefficient (Wildman–Crippen LogP) is 2.62. The van der Waals surface area contributed by atoms with Crippen LogP contribution in [0.3, 0.4) is 0 Å². The van der Waals surface area contributed by atoms with Crippen LogP contribution in [-0.4, -0.2) is 23.6 Å². The van der Waals surface area contributed by atoms with Crippen LogP contribution in [0.1, 0.15) is 11.1 Å². The van der Waals surface area contributed by atoms with Crippen LogP contribution in [0.4, 0.5) is 16.0 Å². The number of anilines is 2. The lowest BCUT2D eigenvalue weighted by Gasteiger charge is -2.10. The summed E-state index contributed by atoms with van der Waals surface area (Å²) >= 11 is 0. The van der Waals surface area contributed by atoms with Gasteiger partial charge in [0.05, 0.1) is 0 Å². The Morgan fingerprint density at radius 1 is 1.11 bits per heavy atom. The van der Waals surface area contributed by atoms with Gasteiger partial charge in [-0.05, 0) is 31.0 Å². The van der Waals surface area contributed by atoms with Gasteiger partial charge in [-0.25, -0.2) is 14.4 Å². The zero-order valence-corrected chi connectivity index (χ0v) is 11.1. The predicted molar refractivity (Wildman–Crippen MR) is 74.9 cm³/mol. The molecule has 0 spiro atoms. The summed E-state index contributed by atoms with van der Waals surface area (Å²) in [5.74, 6) is 1.43. The summed E-state index contributed by atoms with van der Waals surface area (Å²) < 4.78 is 12.8. The summed E-state index contributed by atoms with van der Waals surface area (Å²) in [5, 5.41) is 6.28. The Balaban J connectivity index is 1.94. The van der Waals surface area contributed by atoms with Crippen LogP contribution in [-0.2, 0) is 6.42 Å². The van der Waals surface area contributed by atoms with Gasteiger partial charge in [0.25, 0.3) is 0 Å². The molecule has 1 heterocycles. The minimum atomic E-state index is -0.206. The van der Waals surface area contributed by atoms with Gasteiger partial charge < -0.3 is 10.6 Å². The Morgan fingerprint density at radius 2 is 1.79 bits per heavy atom. The molecule has 2 N–H and O–H groups in total. The van der Waals surface area contributed by atoms with E-state index in [0.29, 0.717) is 0 Å². The van der Waals surface area contributed by atoms with Crippen molar-refractivity contribution in [3.8, 4) is 0 Å². The van der Waals surface area contributed by atoms with E-state index in [1.807, 2.05) is 14.0 Å². The second kappa shape index (κ2) is 6.13. The monoisotopic (exact) mass is 260 g/mol. The van der Waals surface area contributed by atoms with Gasteiger partial charge in [-0.1, -0.05) is 12.1 Å². The number of halogens is 1. The molecule has 0 amide bonds. The Labute approximate surface area is 112 Å². The zero-order valence-electron chi connectivity index (χ0n) is 11.1. The molecule has 0 bridgehead atoms. The van der Waals surface area contributed by atoms with E-state index >= 15 is 0 Å². The van der Waals surface area contributed by atoms with Crippen LogP contribution in [0.25, 0.3) is 0 Å². The van der Waals surface area contributed by atoms with Gasteiger partial charge in [0.1, 0.15) is 23.8 Å². The lowest BCUT2D eigenvalue weighted by Crippen LogP contribution is -2.09. The Hall–Kier alpha value is -2.17. The van der Waals surface area contributed by atoms with E-state index < -0.39 is 0 Å². The molecule has 0 saturated heterocycles. The number of benzene rings is 1. The minimum Gasteiger partial charge on any atom is -0.373 e. The van der Waals surface area contributed by atoms with Crippen LogP contribution >= 0.6 is 0 Å². The number of nitrogens with one attached hydrogen (secondary N) is 2. The van der Waals surface area contributed by atoms with Gasteiger partial charge in [-0.15, -0.1) is 0 Å². The first-order valence-corrected chi connectivity index (χ1v) is 6.18. The number of aromatic nitrogens is 2. The molecule has 0 unspecified atom stereocenters. The maximum Gasteiger partial charge on any atom is 0.134 e. The van der Waals surface area contributed by atoms with E-state index in [9.17, 15) is 4.39 Å². The zero-order chi connectivity index (χ0) is 13.7. The van der Waals surface area contributed by atoms with Crippen LogP contribution in [0.15, 0.2) is 30.6 Å². The average Bonchev–Trinajstić information content (AvgIpc) is 2.43. The van der Waals surface area contributed by atoms with E-state index in [0.717, 1.165) is 35.7 Å². The SMILES string of the molecule is CNc1ncnc(NCCc2ccc(F)cc2)c1C. The Bertz CT molecular complexity index is 540. The van der Waals surface area contributed by atoms with Gasteiger partial charge in [0.15, 0.2) is 0 Å². The molecule has 0 radical (unpaired) electrons. The molecule has 100 valence electrons. The fraction of sp³-hybridized carbons (Fsp3) is 0.286. The van der Waals surface area contributed by atoms with Crippen molar-refractivity contribution in [2.24, 2.45) is 0 Å². The van der Waals surface area contributed by atoms with Crippen LogP contribution < -0.4 is 10.6 Å². The molecule has 0 fully saturated rings. The van der Waals surface area contributed by atoms with Crippen molar-refractivity contribution < 1.29 is 4.39 Å². The highest BCUT2D eigenvalue weighted by Crippen LogP contribution is 2.17. The van der Waals surface area contributed by atoms with Gasteiger partial charge in [-0.3, -0.25) is 0 Å². The fourth-order valence-electron chi connectivity index (χ4n) is 1.86. The summed E-state index contributed by atoms with van der Waals surface area (Å²) in [6.45, 7) is 2.71. The molecular weight excluding hydrogens is 243 g/mol. The molecule has 2 aromatic rings. The third-order valence-electron chi connectivity index (χ3n) is 2.94. The minimum absolute atomic E-state index is 0.206. The molecule has 4 nitrogen and oxygen atoms in total. The summed E-state index contributed by atoms with van der Waals surface area (Å²) in [6.07, 6.45) is 2.34. The lowest BCUT2D eigenvalue weighted by atomic mass is 10.1. The summed E-state index contributed by atoms with van der Waals surface area (Å²) in [7, 11) is 1.83. The highest BCUT2D eigenvalue weighted by Gasteiger charge is 2.04. The maximum atomic E-state index is 12.8. The van der Waals surface area contributed by atoms with Gasteiger partial charge in [0, 0.05) is 19.2 Å². The van der Waals surface area contributed by atoms with Crippen LogP contribution in [0.2, 0.25) is 0 Å². The molecule has 1 aromatic heterocycles. The van der Waals surface area contributed by atoms with E-state index in [4.69, 9.17) is 0 Å². The summed E-state index contributed by atoms with van der Waals surface area (Å²) in [6, 6.07) is 6.54. The average molecular weight is 260 g/mol. The van der Waals surface area contributed by atoms with Crippen molar-refractivity contribution in [1.29, 1.82) is 0 Å². The topological polar surface area (TPSA) is 49.8 Å². The Kier molecular flexibility index (Phi) is 4.28. The van der Waals surface area contributed by atoms with E-state index in [2.05, 4.69) is 20.6 Å². The molecule has 5 heteroatoms. The third-order valence-corrected chi connectivity index (χ3v) is 2.94. The van der Waals surface area contributed by atoms with E-state index in [-0.39, 0.29) is 5.82 Å². The molecule has 0 atom stereocenters. The highest BCUT2D eigenvalue weighted by atomic mass is 19.1. The van der Waals surface area contributed by atoms with Crippen LogP contribution in [0.5, 0.6) is 0 Å². The van der Waals surface area contributed by atoms with Crippen molar-refractivity contribution in [1.82, 2.24) is 9.97 Å². The van der Waals surface area contributed by atoms with Crippen molar-refractivity contribution in [2.75, 3.05) is 24.2 Å². The second-order valence-corrected chi connectivity index (χ2v) is 4.25. The summed E-state index contributed by atoms with van der Waals surface area (Å²) in [4.78, 5) is 8.34. The molecule has 2 rings (SSSR count). The standard InChI is InChI=1S/C14H17FN4/c1-10-13(16-2)18-9-19-14(10)17-8-7-11-3-5-12(15)6-4-11/h3-6,9H,7-8H2,1-2H3,(H2,16,17,18,19). The molecular formula is C14H17FN4. The van der Waals surface area contributed by atoms with Gasteiger partial charge in [0.2, 0.25) is 0 Å². The first-order chi connectivity index (χ1) is 9.20. The largest absolute Gasteiger partial charge is 0.373 e. The first-order valence-electron chi connectivity index (χ1n) is 6.18. The van der Waals surface area contributed by atoms with Gasteiger partial charge >= 0.3 is 0 Å². The molecule has 0 aliphatic heterocycles. The number of rotatable bonds is 5. The maximum absolute atomic E-state index is 12.8. The number of nitrogens with zero attached hydrogens (tertiary/aromatic N) is 2. The number of hydrogen-bond donors (Lipinski definition) is 2. The van der Waals surface area contributed by atoms with Gasteiger partial charge in [-0.2, -0.15) is 0 Å². The van der Waals surface area contributed by atoms with E-state index in [1.165, 1.54) is 18.5 Å². The lowest BCUT2D eigenvalue weighted by molar-refractivity contribution is 0.627. The van der Waals surface area contributed by atoms with Crippen LogP contribution in [0, 0.1) is 12.7 Å². The van der Waals surface area contributed by atoms with Crippen molar-refractivity contribution in [2.45, 2.75) is 13.3 Å². The summed E-state index contributed by atoms with van der Waals surface area (Å²) in [5.41, 5.74) is 2.08. The molecule has 1 aromatic carbocycles. The van der Waals surface area contributed by atoms with Crippen molar-refractivity contribution in [3.05, 3.63) is 47.5 Å². The second-order valence-electron chi connectivity index (χ2n) is 4.25. The van der Waals surface area contributed by atoms with Crippen molar-refractivity contribution in [3.63, 3.8) is 0 Å². The first kappa shape index (κ1) is 13.3. The molecule has 19 heavy (non-hydrogen) atoms. The molecule has 0 aliphatic rings. The third kappa shape index (κ3) is 3.40. The van der Waals surface area contributed by atoms with Crippen molar-refractivity contribution >= 4 is 11.6 Å².